The number of hydrogen-bond donors (Lipinski definition) is 1. The Morgan fingerprint density at radius 3 is 2.75 bits per heavy atom. The lowest BCUT2D eigenvalue weighted by Gasteiger charge is -2.19. The van der Waals surface area contributed by atoms with Gasteiger partial charge in [0.15, 0.2) is 0 Å². The van der Waals surface area contributed by atoms with Gasteiger partial charge in [0.05, 0.1) is 6.10 Å². The molecule has 1 nitrogen and oxygen atoms in total. The predicted molar refractivity (Wildman–Crippen MR) is 36.4 cm³/mol. The van der Waals surface area contributed by atoms with E-state index in [4.69, 9.17) is 5.11 Å². The van der Waals surface area contributed by atoms with Crippen LogP contribution in [-0.4, -0.2) is 9.93 Å². The van der Waals surface area contributed by atoms with Crippen molar-refractivity contribution in [2.45, 2.75) is 30.5 Å². The van der Waals surface area contributed by atoms with Crippen molar-refractivity contribution in [1.29, 1.82) is 0 Å². The molecule has 1 unspecified atom stereocenters. The molecule has 1 aliphatic rings. The molecule has 1 atom stereocenters. The molecule has 1 rings (SSSR count). The van der Waals surface area contributed by atoms with Crippen LogP contribution in [0.15, 0.2) is 0 Å². The van der Waals surface area contributed by atoms with E-state index in [0.717, 1.165) is 19.3 Å². The quantitative estimate of drug-likeness (QED) is 0.564. The molecule has 1 saturated carbocycles. The molecule has 47 valence electrons. The van der Waals surface area contributed by atoms with Crippen LogP contribution in [0.1, 0.15) is 25.7 Å². The van der Waals surface area contributed by atoms with Crippen LogP contribution in [0.5, 0.6) is 0 Å². The second kappa shape index (κ2) is 2.83. The Bertz CT molecular complexity index is 66.9. The van der Waals surface area contributed by atoms with Crippen LogP contribution in [0, 0.1) is 6.10 Å². The maximum absolute atomic E-state index is 8.97. The summed E-state index contributed by atoms with van der Waals surface area (Å²) < 4.78 is 0. The first kappa shape index (κ1) is 6.56. The Morgan fingerprint density at radius 1 is 1.62 bits per heavy atom. The molecule has 0 heterocycles. The van der Waals surface area contributed by atoms with Crippen molar-refractivity contribution in [3.63, 3.8) is 0 Å². The van der Waals surface area contributed by atoms with Gasteiger partial charge < -0.3 is 5.11 Å². The average Bonchev–Trinajstić information content (AvgIpc) is 1.64. The summed E-state index contributed by atoms with van der Waals surface area (Å²) in [6, 6.07) is 0. The van der Waals surface area contributed by atoms with E-state index in [1.807, 2.05) is 0 Å². The molecule has 2 heteroatoms. The van der Waals surface area contributed by atoms with E-state index in [2.05, 4.69) is 15.9 Å². The Hall–Kier alpha value is 0.440. The first-order valence-corrected chi connectivity index (χ1v) is 3.88. The zero-order chi connectivity index (χ0) is 5.98. The number of aliphatic hydroxyl groups is 1. The summed E-state index contributed by atoms with van der Waals surface area (Å²) in [7, 11) is 0. The van der Waals surface area contributed by atoms with Crippen LogP contribution in [0.2, 0.25) is 0 Å². The first-order valence-electron chi connectivity index (χ1n) is 2.97. The lowest BCUT2D eigenvalue weighted by atomic mass is 9.98. The number of halogens is 1. The molecule has 1 aliphatic carbocycles. The smallest absolute Gasteiger partial charge is 0.0944 e. The molecule has 1 fully saturated rings. The number of alkyl halides is 1. The van der Waals surface area contributed by atoms with E-state index in [1.54, 1.807) is 0 Å². The lowest BCUT2D eigenvalue weighted by molar-refractivity contribution is 0.243. The standard InChI is InChI=1S/C6H10BrO/c7-5-2-1-3-6(8)4-5/h5,8H,1-4H2. The summed E-state index contributed by atoms with van der Waals surface area (Å²) in [5.41, 5.74) is 0. The SMILES string of the molecule is O[C]1CCCC(Br)C1. The average molecular weight is 178 g/mol. The highest BCUT2D eigenvalue weighted by molar-refractivity contribution is 9.09. The van der Waals surface area contributed by atoms with Gasteiger partial charge >= 0.3 is 0 Å². The Labute approximate surface area is 58.2 Å². The fraction of sp³-hybridized carbons (Fsp3) is 0.833. The summed E-state index contributed by atoms with van der Waals surface area (Å²) in [5.74, 6) is 0. The molecular weight excluding hydrogens is 168 g/mol. The van der Waals surface area contributed by atoms with E-state index >= 15 is 0 Å². The third-order valence-electron chi connectivity index (χ3n) is 1.44. The number of hydrogen-bond acceptors (Lipinski definition) is 1. The predicted octanol–water partition coefficient (Wildman–Crippen LogP) is 2.23. The van der Waals surface area contributed by atoms with Crippen LogP contribution in [0.3, 0.4) is 0 Å². The van der Waals surface area contributed by atoms with Crippen molar-refractivity contribution in [1.82, 2.24) is 0 Å². The normalized spacial score (nSPS) is 33.0. The third-order valence-corrected chi connectivity index (χ3v) is 2.22. The zero-order valence-electron chi connectivity index (χ0n) is 4.73. The Balaban J connectivity index is 2.23. The van der Waals surface area contributed by atoms with Crippen molar-refractivity contribution < 1.29 is 5.11 Å². The molecule has 0 aromatic heterocycles. The van der Waals surface area contributed by atoms with Gasteiger partial charge in [-0.15, -0.1) is 0 Å². The third kappa shape index (κ3) is 1.75. The molecule has 0 bridgehead atoms. The van der Waals surface area contributed by atoms with Crippen LogP contribution in [0.25, 0.3) is 0 Å². The van der Waals surface area contributed by atoms with Crippen LogP contribution in [0.4, 0.5) is 0 Å². The summed E-state index contributed by atoms with van der Waals surface area (Å²) in [4.78, 5) is 0.538. The van der Waals surface area contributed by atoms with Gasteiger partial charge in [0.1, 0.15) is 0 Å². The minimum atomic E-state index is 0.538. The Kier molecular flexibility index (Phi) is 2.32. The summed E-state index contributed by atoms with van der Waals surface area (Å²) in [6.45, 7) is 0. The highest BCUT2D eigenvalue weighted by atomic mass is 79.9. The van der Waals surface area contributed by atoms with Gasteiger partial charge in [0.2, 0.25) is 0 Å². The minimum absolute atomic E-state index is 0.538. The second-order valence-electron chi connectivity index (χ2n) is 2.26. The van der Waals surface area contributed by atoms with Crippen molar-refractivity contribution in [2.75, 3.05) is 0 Å². The second-order valence-corrected chi connectivity index (χ2v) is 3.55. The van der Waals surface area contributed by atoms with Gasteiger partial charge in [0.25, 0.3) is 0 Å². The van der Waals surface area contributed by atoms with E-state index in [1.165, 1.54) is 6.42 Å². The van der Waals surface area contributed by atoms with Gasteiger partial charge in [-0.05, 0) is 25.7 Å². The molecule has 8 heavy (non-hydrogen) atoms. The minimum Gasteiger partial charge on any atom is -0.387 e. The molecular formula is C6H10BrO. The van der Waals surface area contributed by atoms with E-state index in [0.29, 0.717) is 10.9 Å². The van der Waals surface area contributed by atoms with Crippen molar-refractivity contribution in [3.8, 4) is 0 Å². The fourth-order valence-electron chi connectivity index (χ4n) is 0.987. The molecule has 0 spiro atoms. The molecule has 0 saturated heterocycles. The fourth-order valence-corrected chi connectivity index (χ4v) is 1.68. The molecule has 0 aromatic rings. The summed E-state index contributed by atoms with van der Waals surface area (Å²) in [6.07, 6.45) is 4.80. The zero-order valence-corrected chi connectivity index (χ0v) is 6.32. The summed E-state index contributed by atoms with van der Waals surface area (Å²) in [5, 5.41) is 8.97. The monoisotopic (exact) mass is 177 g/mol. The largest absolute Gasteiger partial charge is 0.387 e. The maximum Gasteiger partial charge on any atom is 0.0944 e. The number of aliphatic hydroxyl groups excluding tert-OH is 1. The van der Waals surface area contributed by atoms with E-state index in [-0.39, 0.29) is 0 Å². The summed E-state index contributed by atoms with van der Waals surface area (Å²) >= 11 is 3.45. The molecule has 1 radical (unpaired) electrons. The number of rotatable bonds is 0. The van der Waals surface area contributed by atoms with Crippen molar-refractivity contribution >= 4 is 15.9 Å². The van der Waals surface area contributed by atoms with Crippen molar-refractivity contribution in [2.24, 2.45) is 0 Å². The molecule has 0 amide bonds. The topological polar surface area (TPSA) is 20.2 Å². The van der Waals surface area contributed by atoms with Gasteiger partial charge in [-0.1, -0.05) is 15.9 Å². The highest BCUT2D eigenvalue weighted by Crippen LogP contribution is 2.27. The van der Waals surface area contributed by atoms with Gasteiger partial charge in [0, 0.05) is 4.83 Å². The van der Waals surface area contributed by atoms with Crippen LogP contribution < -0.4 is 0 Å². The lowest BCUT2D eigenvalue weighted by Crippen LogP contribution is -2.12. The van der Waals surface area contributed by atoms with Crippen LogP contribution >= 0.6 is 15.9 Å². The van der Waals surface area contributed by atoms with Gasteiger partial charge in [-0.25, -0.2) is 0 Å². The Morgan fingerprint density at radius 2 is 2.38 bits per heavy atom. The van der Waals surface area contributed by atoms with E-state index in [9.17, 15) is 0 Å². The molecule has 1 N–H and O–H groups in total. The van der Waals surface area contributed by atoms with Gasteiger partial charge in [-0.2, -0.15) is 0 Å². The van der Waals surface area contributed by atoms with Gasteiger partial charge in [-0.3, -0.25) is 0 Å². The molecule has 0 aliphatic heterocycles. The highest BCUT2D eigenvalue weighted by Gasteiger charge is 2.17. The van der Waals surface area contributed by atoms with Crippen molar-refractivity contribution in [3.05, 3.63) is 6.10 Å². The van der Waals surface area contributed by atoms with Crippen LogP contribution in [-0.2, 0) is 0 Å². The first-order chi connectivity index (χ1) is 3.79. The maximum atomic E-state index is 8.97. The van der Waals surface area contributed by atoms with E-state index < -0.39 is 0 Å². The molecule has 0 aromatic carbocycles.